The molecular formula is C30H18F10O2. The van der Waals surface area contributed by atoms with Gasteiger partial charge in [0, 0.05) is 12.0 Å². The Morgan fingerprint density at radius 2 is 1.36 bits per heavy atom. The Bertz CT molecular complexity index is 1660. The number of halogens is 10. The summed E-state index contributed by atoms with van der Waals surface area (Å²) in [5.41, 5.74) is -3.02. The second kappa shape index (κ2) is 11.8. The molecular weight excluding hydrogens is 582 g/mol. The summed E-state index contributed by atoms with van der Waals surface area (Å²) in [6.45, 7) is 2.45. The van der Waals surface area contributed by atoms with Crippen LogP contribution in [0.25, 0.3) is 21.9 Å². The number of hydrogen-bond donors (Lipinski definition) is 0. The molecule has 0 aromatic heterocycles. The van der Waals surface area contributed by atoms with Gasteiger partial charge < -0.3 is 9.47 Å². The molecule has 220 valence electrons. The predicted octanol–water partition coefficient (Wildman–Crippen LogP) is 9.42. The summed E-state index contributed by atoms with van der Waals surface area (Å²) in [6.07, 6.45) is -8.11. The van der Waals surface area contributed by atoms with E-state index in [2.05, 4.69) is 4.74 Å². The maximum absolute atomic E-state index is 15.0. The van der Waals surface area contributed by atoms with E-state index >= 15 is 0 Å². The van der Waals surface area contributed by atoms with Crippen molar-refractivity contribution in [2.24, 2.45) is 0 Å². The largest absolute Gasteiger partial charge is 0.494 e. The zero-order valence-corrected chi connectivity index (χ0v) is 21.4. The van der Waals surface area contributed by atoms with Gasteiger partial charge in [-0.3, -0.25) is 0 Å². The SMILES string of the molecule is CCCCOc1ccc(-c2cc(F)c(C(F)(F)Oc3cc(F)c4c(F)c(C#CC(F)(F)F)c(F)cc4c3)c(F)c2)cc1. The van der Waals surface area contributed by atoms with Crippen LogP contribution < -0.4 is 9.47 Å². The molecule has 0 atom stereocenters. The van der Waals surface area contributed by atoms with Gasteiger partial charge in [0.15, 0.2) is 5.82 Å². The molecule has 4 aromatic carbocycles. The fourth-order valence-corrected chi connectivity index (χ4v) is 3.99. The highest BCUT2D eigenvalue weighted by Gasteiger charge is 2.41. The molecule has 0 unspecified atom stereocenters. The Balaban J connectivity index is 1.64. The number of ether oxygens (including phenoxy) is 2. The average Bonchev–Trinajstić information content (AvgIpc) is 2.87. The average molecular weight is 600 g/mol. The van der Waals surface area contributed by atoms with Crippen molar-refractivity contribution >= 4 is 10.8 Å². The zero-order valence-electron chi connectivity index (χ0n) is 21.4. The molecule has 0 aliphatic carbocycles. The number of benzene rings is 4. The summed E-state index contributed by atoms with van der Waals surface area (Å²) in [5, 5.41) is -1.80. The van der Waals surface area contributed by atoms with Gasteiger partial charge in [0.2, 0.25) is 0 Å². The van der Waals surface area contributed by atoms with Gasteiger partial charge in [0.05, 0.1) is 17.6 Å². The molecule has 0 amide bonds. The second-order valence-electron chi connectivity index (χ2n) is 8.96. The maximum Gasteiger partial charge on any atom is 0.458 e. The highest BCUT2D eigenvalue weighted by Crippen LogP contribution is 2.39. The number of hydrogen-bond acceptors (Lipinski definition) is 2. The summed E-state index contributed by atoms with van der Waals surface area (Å²) < 4.78 is 150. The van der Waals surface area contributed by atoms with E-state index < -0.39 is 69.0 Å². The van der Waals surface area contributed by atoms with E-state index in [-0.39, 0.29) is 17.2 Å². The normalized spacial score (nSPS) is 11.8. The first-order valence-corrected chi connectivity index (χ1v) is 12.2. The van der Waals surface area contributed by atoms with Crippen molar-refractivity contribution in [3.05, 3.63) is 94.8 Å². The number of rotatable bonds is 8. The summed E-state index contributed by atoms with van der Waals surface area (Å²) in [5.74, 6) is -7.22. The van der Waals surface area contributed by atoms with Gasteiger partial charge in [-0.05, 0) is 59.3 Å². The van der Waals surface area contributed by atoms with Crippen LogP contribution in [0.4, 0.5) is 43.9 Å². The third-order valence-electron chi connectivity index (χ3n) is 5.92. The lowest BCUT2D eigenvalue weighted by molar-refractivity contribution is -0.189. The molecule has 4 rings (SSSR count). The summed E-state index contributed by atoms with van der Waals surface area (Å²) >= 11 is 0. The molecule has 0 aliphatic rings. The molecule has 0 fully saturated rings. The van der Waals surface area contributed by atoms with Crippen LogP contribution in [0.2, 0.25) is 0 Å². The molecule has 0 saturated heterocycles. The molecule has 12 heteroatoms. The first-order chi connectivity index (χ1) is 19.7. The van der Waals surface area contributed by atoms with E-state index in [1.165, 1.54) is 30.2 Å². The van der Waals surface area contributed by atoms with Gasteiger partial charge in [-0.1, -0.05) is 31.4 Å². The van der Waals surface area contributed by atoms with Crippen LogP contribution in [0.1, 0.15) is 30.9 Å². The topological polar surface area (TPSA) is 18.5 Å². The smallest absolute Gasteiger partial charge is 0.458 e. The molecule has 0 spiro atoms. The van der Waals surface area contributed by atoms with Crippen molar-refractivity contribution in [3.8, 4) is 34.5 Å². The van der Waals surface area contributed by atoms with Gasteiger partial charge in [0.1, 0.15) is 40.3 Å². The first-order valence-electron chi connectivity index (χ1n) is 12.2. The van der Waals surface area contributed by atoms with Gasteiger partial charge in [0.25, 0.3) is 0 Å². The van der Waals surface area contributed by atoms with Crippen LogP contribution in [-0.2, 0) is 6.11 Å². The van der Waals surface area contributed by atoms with E-state index in [1.54, 1.807) is 0 Å². The molecule has 0 heterocycles. The van der Waals surface area contributed by atoms with Crippen LogP contribution in [0.3, 0.4) is 0 Å². The van der Waals surface area contributed by atoms with E-state index in [1.807, 2.05) is 6.92 Å². The van der Waals surface area contributed by atoms with Crippen LogP contribution in [0.5, 0.6) is 11.5 Å². The van der Waals surface area contributed by atoms with Gasteiger partial charge in [-0.25, -0.2) is 22.0 Å². The van der Waals surface area contributed by atoms with Crippen LogP contribution in [0.15, 0.2) is 54.6 Å². The van der Waals surface area contributed by atoms with Crippen LogP contribution in [-0.4, -0.2) is 12.8 Å². The minimum atomic E-state index is -5.11. The molecule has 4 aromatic rings. The Hall–Kier alpha value is -4.40. The number of alkyl halides is 5. The monoisotopic (exact) mass is 600 g/mol. The molecule has 0 radical (unpaired) electrons. The minimum Gasteiger partial charge on any atom is -0.494 e. The Labute approximate surface area is 232 Å². The first kappa shape index (κ1) is 30.6. The Morgan fingerprint density at radius 3 is 1.95 bits per heavy atom. The molecule has 0 saturated carbocycles. The molecule has 0 N–H and O–H groups in total. The lowest BCUT2D eigenvalue weighted by Crippen LogP contribution is -2.25. The zero-order chi connectivity index (χ0) is 30.8. The summed E-state index contributed by atoms with van der Waals surface area (Å²) in [7, 11) is 0. The van der Waals surface area contributed by atoms with Crippen molar-refractivity contribution < 1.29 is 53.4 Å². The van der Waals surface area contributed by atoms with E-state index in [9.17, 15) is 43.9 Å². The fraction of sp³-hybridized carbons (Fsp3) is 0.200. The van der Waals surface area contributed by atoms with Crippen LogP contribution in [0, 0.1) is 40.9 Å². The molecule has 2 nitrogen and oxygen atoms in total. The predicted molar refractivity (Wildman–Crippen MR) is 133 cm³/mol. The molecule has 0 bridgehead atoms. The van der Waals surface area contributed by atoms with Gasteiger partial charge in [-0.2, -0.15) is 22.0 Å². The third-order valence-corrected chi connectivity index (χ3v) is 5.92. The highest BCUT2D eigenvalue weighted by molar-refractivity contribution is 5.87. The minimum absolute atomic E-state index is 0.0863. The van der Waals surface area contributed by atoms with E-state index in [4.69, 9.17) is 4.74 Å². The third kappa shape index (κ3) is 6.73. The number of unbranched alkanes of at least 4 members (excludes halogenated alkanes) is 1. The van der Waals surface area contributed by atoms with Gasteiger partial charge in [-0.15, -0.1) is 0 Å². The standard InChI is InChI=1S/C30H18F10O2/c1-2-3-10-41-19-6-4-16(5-7-19)17-12-24(33)27(25(34)13-17)30(39,40)42-20-11-18-14-22(31)21(8-9-29(36,37)38)28(35)26(18)23(32)15-20/h4-7,11-15H,2-3,10H2,1H3. The summed E-state index contributed by atoms with van der Waals surface area (Å²) in [4.78, 5) is 0. The fourth-order valence-electron chi connectivity index (χ4n) is 3.99. The molecule has 42 heavy (non-hydrogen) atoms. The highest BCUT2D eigenvalue weighted by atomic mass is 19.4. The Kier molecular flexibility index (Phi) is 8.61. The number of fused-ring (bicyclic) bond motifs is 1. The maximum atomic E-state index is 15.0. The lowest BCUT2D eigenvalue weighted by atomic mass is 10.0. The quantitative estimate of drug-likeness (QED) is 0.114. The second-order valence-corrected chi connectivity index (χ2v) is 8.96. The van der Waals surface area contributed by atoms with Crippen LogP contribution >= 0.6 is 0 Å². The van der Waals surface area contributed by atoms with Crippen molar-refractivity contribution in [3.63, 3.8) is 0 Å². The van der Waals surface area contributed by atoms with E-state index in [0.717, 1.165) is 12.8 Å². The van der Waals surface area contributed by atoms with E-state index in [0.29, 0.717) is 42.5 Å². The van der Waals surface area contributed by atoms with Gasteiger partial charge >= 0.3 is 12.3 Å². The van der Waals surface area contributed by atoms with Crippen molar-refractivity contribution in [2.45, 2.75) is 32.1 Å². The summed E-state index contributed by atoms with van der Waals surface area (Å²) in [6, 6.07) is 8.37. The van der Waals surface area contributed by atoms with Crippen molar-refractivity contribution in [1.82, 2.24) is 0 Å². The van der Waals surface area contributed by atoms with Crippen molar-refractivity contribution in [1.29, 1.82) is 0 Å². The lowest BCUT2D eigenvalue weighted by Gasteiger charge is -2.20. The molecule has 0 aliphatic heterocycles. The van der Waals surface area contributed by atoms with Crippen molar-refractivity contribution in [2.75, 3.05) is 6.61 Å². The Morgan fingerprint density at radius 1 is 0.714 bits per heavy atom.